The number of amides is 3. The van der Waals surface area contributed by atoms with Gasteiger partial charge in [-0.3, -0.25) is 14.5 Å². The minimum atomic E-state index is -4.71. The highest BCUT2D eigenvalue weighted by Crippen LogP contribution is 2.34. The average Bonchev–Trinajstić information content (AvgIpc) is 3.13. The van der Waals surface area contributed by atoms with Crippen LogP contribution in [0.2, 0.25) is 5.02 Å². The summed E-state index contributed by atoms with van der Waals surface area (Å²) in [7, 11) is 2.53. The summed E-state index contributed by atoms with van der Waals surface area (Å²) < 4.78 is 58.4. The Morgan fingerprint density at radius 2 is 1.94 bits per heavy atom. The lowest BCUT2D eigenvalue weighted by atomic mass is 10.1. The Hall–Kier alpha value is -3.41. The van der Waals surface area contributed by atoms with Crippen molar-refractivity contribution in [1.29, 1.82) is 0 Å². The molecule has 0 saturated carbocycles. The number of carbonyl (C=O) groups is 3. The Kier molecular flexibility index (Phi) is 7.53. The van der Waals surface area contributed by atoms with Crippen molar-refractivity contribution in [2.45, 2.75) is 25.6 Å². The lowest BCUT2D eigenvalue weighted by Gasteiger charge is -2.27. The number of halogens is 5. The predicted octanol–water partition coefficient (Wildman–Crippen LogP) is 4.04. The first kappa shape index (κ1) is 26.2. The first-order chi connectivity index (χ1) is 16.3. The number of pyridine rings is 1. The Bertz CT molecular complexity index is 1160. The van der Waals surface area contributed by atoms with Gasteiger partial charge in [0.05, 0.1) is 30.7 Å². The highest BCUT2D eigenvalue weighted by atomic mass is 35.5. The number of carbonyl (C=O) groups excluding carboxylic acids is 3. The number of hydrogen-bond acceptors (Lipinski definition) is 5. The maximum atomic E-state index is 13.6. The van der Waals surface area contributed by atoms with Gasteiger partial charge in [0.1, 0.15) is 17.7 Å². The Balaban J connectivity index is 2.01. The molecule has 1 aliphatic heterocycles. The minimum absolute atomic E-state index is 0.0134. The molecule has 13 heteroatoms. The fraction of sp³-hybridized carbons (Fsp3) is 0.364. The lowest BCUT2D eigenvalue weighted by Crippen LogP contribution is -2.47. The summed E-state index contributed by atoms with van der Waals surface area (Å²) in [5, 5.41) is -0.239. The molecule has 1 saturated heterocycles. The number of esters is 1. The number of aromatic nitrogens is 1. The van der Waals surface area contributed by atoms with E-state index in [9.17, 15) is 31.9 Å². The summed E-state index contributed by atoms with van der Waals surface area (Å²) in [5.74, 6) is -2.36. The van der Waals surface area contributed by atoms with Gasteiger partial charge in [-0.05, 0) is 37.3 Å². The molecule has 1 aliphatic rings. The van der Waals surface area contributed by atoms with Crippen molar-refractivity contribution in [3.8, 4) is 0 Å². The molecule has 1 aromatic heterocycles. The molecule has 35 heavy (non-hydrogen) atoms. The van der Waals surface area contributed by atoms with E-state index >= 15 is 0 Å². The number of rotatable bonds is 6. The van der Waals surface area contributed by atoms with Gasteiger partial charge in [-0.15, -0.1) is 0 Å². The van der Waals surface area contributed by atoms with Crippen LogP contribution < -0.4 is 9.80 Å². The third-order valence-corrected chi connectivity index (χ3v) is 5.70. The monoisotopic (exact) mass is 516 g/mol. The van der Waals surface area contributed by atoms with Crippen LogP contribution in [0.4, 0.5) is 33.9 Å². The largest absolute Gasteiger partial charge is 0.469 e. The highest BCUT2D eigenvalue weighted by molar-refractivity contribution is 6.31. The van der Waals surface area contributed by atoms with E-state index < -0.39 is 41.5 Å². The van der Waals surface area contributed by atoms with Gasteiger partial charge in [-0.2, -0.15) is 13.2 Å². The van der Waals surface area contributed by atoms with E-state index in [0.717, 1.165) is 26.8 Å². The molecule has 8 nitrogen and oxygen atoms in total. The quantitative estimate of drug-likeness (QED) is 0.427. The van der Waals surface area contributed by atoms with Crippen molar-refractivity contribution in [2.24, 2.45) is 0 Å². The van der Waals surface area contributed by atoms with Crippen LogP contribution in [-0.4, -0.2) is 61.1 Å². The van der Waals surface area contributed by atoms with Gasteiger partial charge in [0.2, 0.25) is 0 Å². The second-order valence-corrected chi connectivity index (χ2v) is 8.20. The smallest absolute Gasteiger partial charge is 0.416 e. The third-order valence-electron chi connectivity index (χ3n) is 5.42. The molecular weight excluding hydrogens is 496 g/mol. The number of benzene rings is 1. The Labute approximate surface area is 203 Å². The standard InChI is InChI=1S/C22H21ClF4N4O4/c1-12-8-13(22(25,26)27)9-18(28-12)31-17(11-30(21(31)34)7-6-19(32)35-3)20(33)29(2)14-4-5-16(24)15(23)10-14/h4-5,8-10,17H,6-7,11H2,1-3H3/t17-/m0/s1. The van der Waals surface area contributed by atoms with Crippen LogP contribution in [0.15, 0.2) is 30.3 Å². The van der Waals surface area contributed by atoms with E-state index in [1.165, 1.54) is 33.2 Å². The number of aryl methyl sites for hydroxylation is 1. The molecule has 3 rings (SSSR count). The lowest BCUT2D eigenvalue weighted by molar-refractivity contribution is -0.141. The van der Waals surface area contributed by atoms with Crippen LogP contribution >= 0.6 is 11.6 Å². The molecule has 3 amide bonds. The van der Waals surface area contributed by atoms with Crippen molar-refractivity contribution >= 4 is 41.0 Å². The van der Waals surface area contributed by atoms with Gasteiger partial charge in [0, 0.05) is 25.0 Å². The Morgan fingerprint density at radius 3 is 2.54 bits per heavy atom. The first-order valence-electron chi connectivity index (χ1n) is 10.3. The number of methoxy groups -OCH3 is 1. The maximum absolute atomic E-state index is 13.6. The van der Waals surface area contributed by atoms with Crippen LogP contribution in [-0.2, 0) is 20.5 Å². The molecule has 0 N–H and O–H groups in total. The van der Waals surface area contributed by atoms with Crippen molar-refractivity contribution in [2.75, 3.05) is 37.0 Å². The highest BCUT2D eigenvalue weighted by Gasteiger charge is 2.45. The zero-order valence-electron chi connectivity index (χ0n) is 18.9. The zero-order chi connectivity index (χ0) is 26.1. The maximum Gasteiger partial charge on any atom is 0.416 e. The van der Waals surface area contributed by atoms with Crippen molar-refractivity contribution < 1.29 is 36.7 Å². The molecule has 0 spiro atoms. The molecular formula is C22H21ClF4N4O4. The van der Waals surface area contributed by atoms with E-state index in [0.29, 0.717) is 6.07 Å². The number of nitrogens with zero attached hydrogens (tertiary/aromatic N) is 4. The summed E-state index contributed by atoms with van der Waals surface area (Å²) in [6, 6.07) is 2.97. The molecule has 0 aliphatic carbocycles. The minimum Gasteiger partial charge on any atom is -0.469 e. The second kappa shape index (κ2) is 10.1. The summed E-state index contributed by atoms with van der Waals surface area (Å²) in [5.41, 5.74) is -0.846. The number of anilines is 2. The molecule has 0 unspecified atom stereocenters. The van der Waals surface area contributed by atoms with Crippen molar-refractivity contribution in [1.82, 2.24) is 9.88 Å². The fourth-order valence-corrected chi connectivity index (χ4v) is 3.77. The summed E-state index contributed by atoms with van der Waals surface area (Å²) in [4.78, 5) is 45.4. The van der Waals surface area contributed by atoms with E-state index in [-0.39, 0.29) is 41.7 Å². The number of likely N-dealkylation sites (N-methyl/N-ethyl adjacent to an activating group) is 1. The molecule has 1 fully saturated rings. The predicted molar refractivity (Wildman–Crippen MR) is 119 cm³/mol. The summed E-state index contributed by atoms with van der Waals surface area (Å²) in [6.07, 6.45) is -4.90. The Morgan fingerprint density at radius 1 is 1.26 bits per heavy atom. The van der Waals surface area contributed by atoms with Crippen molar-refractivity contribution in [3.63, 3.8) is 0 Å². The molecule has 1 aromatic carbocycles. The number of ether oxygens (including phenoxy) is 1. The van der Waals surface area contributed by atoms with E-state index in [1.807, 2.05) is 0 Å². The van der Waals surface area contributed by atoms with Crippen LogP contribution in [0, 0.1) is 12.7 Å². The SMILES string of the molecule is COC(=O)CCN1C[C@@H](C(=O)N(C)c2ccc(F)c(Cl)c2)N(c2cc(C(F)(F)F)cc(C)n2)C1=O. The van der Waals surface area contributed by atoms with E-state index in [2.05, 4.69) is 9.72 Å². The van der Waals surface area contributed by atoms with Gasteiger partial charge in [0.15, 0.2) is 0 Å². The molecule has 0 radical (unpaired) electrons. The molecule has 1 atom stereocenters. The van der Waals surface area contributed by atoms with Crippen LogP contribution in [0.5, 0.6) is 0 Å². The van der Waals surface area contributed by atoms with Gasteiger partial charge >= 0.3 is 18.2 Å². The van der Waals surface area contributed by atoms with Gasteiger partial charge in [0.25, 0.3) is 5.91 Å². The van der Waals surface area contributed by atoms with Gasteiger partial charge in [-0.25, -0.2) is 14.2 Å². The third kappa shape index (κ3) is 5.64. The first-order valence-corrected chi connectivity index (χ1v) is 10.6. The van der Waals surface area contributed by atoms with Crippen molar-refractivity contribution in [3.05, 3.63) is 52.4 Å². The number of urea groups is 1. The second-order valence-electron chi connectivity index (χ2n) is 7.79. The normalized spacial score (nSPS) is 16.0. The summed E-state index contributed by atoms with van der Waals surface area (Å²) in [6.45, 7) is 0.971. The molecule has 188 valence electrons. The number of hydrogen-bond donors (Lipinski definition) is 0. The summed E-state index contributed by atoms with van der Waals surface area (Å²) >= 11 is 5.81. The average molecular weight is 517 g/mol. The van der Waals surface area contributed by atoms with E-state index in [1.54, 1.807) is 0 Å². The van der Waals surface area contributed by atoms with Crippen LogP contribution in [0.1, 0.15) is 17.7 Å². The fourth-order valence-electron chi connectivity index (χ4n) is 3.60. The topological polar surface area (TPSA) is 83.1 Å². The van der Waals surface area contributed by atoms with Crippen LogP contribution in [0.3, 0.4) is 0 Å². The molecule has 2 aromatic rings. The zero-order valence-corrected chi connectivity index (χ0v) is 19.7. The number of alkyl halides is 3. The van der Waals surface area contributed by atoms with Crippen LogP contribution in [0.25, 0.3) is 0 Å². The van der Waals surface area contributed by atoms with E-state index in [4.69, 9.17) is 11.6 Å². The van der Waals surface area contributed by atoms with Gasteiger partial charge < -0.3 is 14.5 Å². The molecule has 2 heterocycles. The molecule has 0 bridgehead atoms. The van der Waals surface area contributed by atoms with Gasteiger partial charge in [-0.1, -0.05) is 11.6 Å².